The first-order chi connectivity index (χ1) is 13.7. The lowest BCUT2D eigenvalue weighted by Crippen LogP contribution is -2.25. The van der Waals surface area contributed by atoms with Crippen molar-refractivity contribution >= 4 is 5.97 Å². The van der Waals surface area contributed by atoms with E-state index in [0.29, 0.717) is 12.8 Å². The Bertz CT molecular complexity index is 459. The van der Waals surface area contributed by atoms with Crippen molar-refractivity contribution in [3.05, 3.63) is 48.6 Å². The van der Waals surface area contributed by atoms with Crippen molar-refractivity contribution in [2.45, 2.75) is 83.7 Å². The second-order valence-electron chi connectivity index (χ2n) is 6.81. The van der Waals surface area contributed by atoms with Crippen LogP contribution < -0.4 is 0 Å². The van der Waals surface area contributed by atoms with Gasteiger partial charge in [0.1, 0.15) is 6.10 Å². The number of aliphatic hydroxyl groups excluding tert-OH is 2. The maximum Gasteiger partial charge on any atom is 0.306 e. The zero-order chi connectivity index (χ0) is 20.7. The van der Waals surface area contributed by atoms with Gasteiger partial charge < -0.3 is 14.9 Å². The highest BCUT2D eigenvalue weighted by Crippen LogP contribution is 2.04. The Balaban J connectivity index is 3.53. The average molecular weight is 393 g/mol. The molecule has 0 aliphatic rings. The molecule has 0 rings (SSSR count). The fourth-order valence-electron chi connectivity index (χ4n) is 2.48. The molecule has 4 heteroatoms. The Labute approximate surface area is 171 Å². The van der Waals surface area contributed by atoms with Gasteiger partial charge in [0.25, 0.3) is 0 Å². The van der Waals surface area contributed by atoms with E-state index in [9.17, 15) is 4.79 Å². The molecular formula is C24H40O4. The number of hydrogen-bond acceptors (Lipinski definition) is 4. The number of unbranched alkanes of at least 4 members (excludes halogenated alkanes) is 5. The lowest BCUT2D eigenvalue weighted by molar-refractivity contribution is -0.153. The van der Waals surface area contributed by atoms with Gasteiger partial charge in [-0.1, -0.05) is 74.8 Å². The van der Waals surface area contributed by atoms with Gasteiger partial charge in [0.15, 0.2) is 0 Å². The Kier molecular flexibility index (Phi) is 20.4. The van der Waals surface area contributed by atoms with Crippen LogP contribution in [0.25, 0.3) is 0 Å². The van der Waals surface area contributed by atoms with Crippen molar-refractivity contribution in [2.75, 3.05) is 13.2 Å². The first-order valence-electron chi connectivity index (χ1n) is 10.8. The Morgan fingerprint density at radius 3 is 1.75 bits per heavy atom. The van der Waals surface area contributed by atoms with Crippen molar-refractivity contribution in [1.29, 1.82) is 0 Å². The number of hydrogen-bond donors (Lipinski definition) is 2. The summed E-state index contributed by atoms with van der Waals surface area (Å²) in [5.41, 5.74) is 0. The van der Waals surface area contributed by atoms with Gasteiger partial charge in [-0.25, -0.2) is 0 Å². The number of ether oxygens (including phenoxy) is 1. The Morgan fingerprint density at radius 1 is 0.750 bits per heavy atom. The monoisotopic (exact) mass is 392 g/mol. The summed E-state index contributed by atoms with van der Waals surface area (Å²) < 4.78 is 4.90. The third kappa shape index (κ3) is 19.1. The van der Waals surface area contributed by atoms with Crippen molar-refractivity contribution in [2.24, 2.45) is 0 Å². The van der Waals surface area contributed by atoms with Gasteiger partial charge in [-0.05, 0) is 44.9 Å². The zero-order valence-corrected chi connectivity index (χ0v) is 17.6. The van der Waals surface area contributed by atoms with Crippen LogP contribution in [0, 0.1) is 0 Å². The van der Waals surface area contributed by atoms with E-state index >= 15 is 0 Å². The predicted octanol–water partition coefficient (Wildman–Crippen LogP) is 5.42. The van der Waals surface area contributed by atoms with Crippen LogP contribution in [0.2, 0.25) is 0 Å². The van der Waals surface area contributed by atoms with E-state index in [0.717, 1.165) is 25.7 Å². The third-order valence-corrected chi connectivity index (χ3v) is 4.16. The van der Waals surface area contributed by atoms with Gasteiger partial charge in [0.05, 0.1) is 13.2 Å². The molecule has 2 N–H and O–H groups in total. The van der Waals surface area contributed by atoms with Gasteiger partial charge in [0.2, 0.25) is 0 Å². The molecule has 0 heterocycles. The lowest BCUT2D eigenvalue weighted by atomic mass is 10.1. The number of carbonyl (C=O) groups excluding carboxylic acids is 1. The highest BCUT2D eigenvalue weighted by atomic mass is 16.6. The van der Waals surface area contributed by atoms with Gasteiger partial charge in [-0.15, -0.1) is 0 Å². The van der Waals surface area contributed by atoms with Gasteiger partial charge in [0, 0.05) is 6.42 Å². The molecule has 0 aromatic heterocycles. The van der Waals surface area contributed by atoms with Crippen molar-refractivity contribution in [1.82, 2.24) is 0 Å². The minimum Gasteiger partial charge on any atom is -0.457 e. The largest absolute Gasteiger partial charge is 0.457 e. The van der Waals surface area contributed by atoms with Crippen LogP contribution in [0.1, 0.15) is 77.6 Å². The van der Waals surface area contributed by atoms with E-state index in [2.05, 4.69) is 55.5 Å². The summed E-state index contributed by atoms with van der Waals surface area (Å²) in [5.74, 6) is -0.375. The quantitative estimate of drug-likeness (QED) is 0.186. The maximum absolute atomic E-state index is 11.5. The fourth-order valence-corrected chi connectivity index (χ4v) is 2.48. The molecule has 0 atom stereocenters. The second kappa shape index (κ2) is 21.6. The van der Waals surface area contributed by atoms with E-state index in [1.165, 1.54) is 32.1 Å². The van der Waals surface area contributed by atoms with Crippen molar-refractivity contribution in [3.63, 3.8) is 0 Å². The van der Waals surface area contributed by atoms with Gasteiger partial charge >= 0.3 is 5.97 Å². The normalized spacial score (nSPS) is 12.4. The molecule has 0 spiro atoms. The van der Waals surface area contributed by atoms with Crippen LogP contribution in [0.4, 0.5) is 0 Å². The summed E-state index contributed by atoms with van der Waals surface area (Å²) in [4.78, 5) is 11.5. The van der Waals surface area contributed by atoms with Crippen LogP contribution in [-0.4, -0.2) is 35.5 Å². The number of esters is 1. The third-order valence-electron chi connectivity index (χ3n) is 4.16. The second-order valence-corrected chi connectivity index (χ2v) is 6.81. The van der Waals surface area contributed by atoms with E-state index in [4.69, 9.17) is 14.9 Å². The average Bonchev–Trinajstić information content (AvgIpc) is 2.71. The van der Waals surface area contributed by atoms with E-state index in [1.807, 2.05) is 0 Å². The van der Waals surface area contributed by atoms with Crippen LogP contribution in [0.3, 0.4) is 0 Å². The molecule has 0 radical (unpaired) electrons. The summed E-state index contributed by atoms with van der Waals surface area (Å²) in [6.45, 7) is 1.54. The molecule has 0 unspecified atom stereocenters. The van der Waals surface area contributed by atoms with Crippen molar-refractivity contribution < 1.29 is 19.7 Å². The summed E-state index contributed by atoms with van der Waals surface area (Å²) in [5, 5.41) is 17.7. The van der Waals surface area contributed by atoms with Crippen LogP contribution >= 0.6 is 0 Å². The number of allylic oxidation sites excluding steroid dienone is 8. The standard InChI is InChI=1S/C24H40O4/c1-2-3-4-5-6-7-8-9-10-11-12-13-14-15-16-17-18-19-20-24(27)28-23(21-25)22-26/h7-8,10-11,13-14,16-17,23,25-26H,2-6,9,12,15,18-22H2,1H3/b8-7+,11-10-,14-13-,17-16-. The summed E-state index contributed by atoms with van der Waals surface area (Å²) in [7, 11) is 0. The Hall–Kier alpha value is -1.65. The molecule has 0 aliphatic heterocycles. The first-order valence-corrected chi connectivity index (χ1v) is 10.8. The molecule has 0 aliphatic carbocycles. The maximum atomic E-state index is 11.5. The van der Waals surface area contributed by atoms with Crippen LogP contribution in [0.15, 0.2) is 48.6 Å². The van der Waals surface area contributed by atoms with Crippen LogP contribution in [-0.2, 0) is 9.53 Å². The lowest BCUT2D eigenvalue weighted by Gasteiger charge is -2.11. The molecule has 160 valence electrons. The van der Waals surface area contributed by atoms with Crippen molar-refractivity contribution in [3.8, 4) is 0 Å². The minimum absolute atomic E-state index is 0.300. The Morgan fingerprint density at radius 2 is 1.25 bits per heavy atom. The number of rotatable bonds is 18. The fraction of sp³-hybridized carbons (Fsp3) is 0.625. The summed E-state index contributed by atoms with van der Waals surface area (Å²) >= 11 is 0. The molecule has 0 aromatic carbocycles. The summed E-state index contributed by atoms with van der Waals surface area (Å²) in [6, 6.07) is 0. The number of aliphatic hydroxyl groups is 2. The SMILES string of the molecule is CCCCCC/C=C/C/C=C\C/C=C\C/C=C\CCCC(=O)OC(CO)CO. The van der Waals surface area contributed by atoms with Crippen LogP contribution in [0.5, 0.6) is 0 Å². The first kappa shape index (κ1) is 26.4. The molecule has 28 heavy (non-hydrogen) atoms. The van der Waals surface area contributed by atoms with Gasteiger partial charge in [-0.3, -0.25) is 4.79 Å². The smallest absolute Gasteiger partial charge is 0.306 e. The van der Waals surface area contributed by atoms with E-state index in [-0.39, 0.29) is 19.2 Å². The molecular weight excluding hydrogens is 352 g/mol. The molecule has 0 saturated heterocycles. The zero-order valence-electron chi connectivity index (χ0n) is 17.6. The minimum atomic E-state index is -0.797. The topological polar surface area (TPSA) is 66.8 Å². The highest BCUT2D eigenvalue weighted by Gasteiger charge is 2.11. The van der Waals surface area contributed by atoms with E-state index in [1.54, 1.807) is 0 Å². The number of carbonyl (C=O) groups is 1. The molecule has 0 fully saturated rings. The molecule has 0 bridgehead atoms. The summed E-state index contributed by atoms with van der Waals surface area (Å²) in [6.07, 6.45) is 27.8. The molecule has 0 aromatic rings. The molecule has 4 nitrogen and oxygen atoms in total. The highest BCUT2D eigenvalue weighted by molar-refractivity contribution is 5.69. The van der Waals surface area contributed by atoms with E-state index < -0.39 is 6.10 Å². The molecule has 0 amide bonds. The van der Waals surface area contributed by atoms with Gasteiger partial charge in [-0.2, -0.15) is 0 Å². The predicted molar refractivity (Wildman–Crippen MR) is 117 cm³/mol. The molecule has 0 saturated carbocycles.